The lowest BCUT2D eigenvalue weighted by Gasteiger charge is -2.06. The van der Waals surface area contributed by atoms with Crippen LogP contribution in [-0.2, 0) is 19.6 Å². The topological polar surface area (TPSA) is 64.7 Å². The number of aryl methyl sites for hydroxylation is 2. The van der Waals surface area contributed by atoms with E-state index in [-0.39, 0.29) is 5.91 Å². The van der Waals surface area contributed by atoms with Crippen molar-refractivity contribution >= 4 is 21.8 Å². The summed E-state index contributed by atoms with van der Waals surface area (Å²) in [5, 5.41) is 11.2. The number of amides is 1. The number of hydrogen-bond donors (Lipinski definition) is 1. The zero-order valence-electron chi connectivity index (χ0n) is 10.9. The Balaban J connectivity index is 2.02. The molecule has 0 bridgehead atoms. The lowest BCUT2D eigenvalue weighted by molar-refractivity contribution is 0.0944. The van der Waals surface area contributed by atoms with Gasteiger partial charge >= 0.3 is 0 Å². The van der Waals surface area contributed by atoms with E-state index in [1.165, 1.54) is 0 Å². The van der Waals surface area contributed by atoms with Gasteiger partial charge in [0.1, 0.15) is 5.69 Å². The molecule has 0 aromatic carbocycles. The fourth-order valence-electron chi connectivity index (χ4n) is 1.75. The molecule has 0 fully saturated rings. The fraction of sp³-hybridized carbons (Fsp3) is 0.417. The Morgan fingerprint density at radius 3 is 2.84 bits per heavy atom. The Morgan fingerprint density at radius 1 is 1.42 bits per heavy atom. The quantitative estimate of drug-likeness (QED) is 0.911. The molecule has 7 heteroatoms. The van der Waals surface area contributed by atoms with Gasteiger partial charge in [0.25, 0.3) is 5.91 Å². The average Bonchev–Trinajstić information content (AvgIpc) is 3.02. The molecule has 0 saturated heterocycles. The number of nitrogens with zero attached hydrogens (tertiary/aromatic N) is 4. The highest BCUT2D eigenvalue weighted by molar-refractivity contribution is 9.10. The first-order valence-corrected chi connectivity index (χ1v) is 6.96. The molecular weight excluding hydrogens is 310 g/mol. The molecule has 2 rings (SSSR count). The van der Waals surface area contributed by atoms with Crippen LogP contribution in [-0.4, -0.2) is 25.5 Å². The number of halogens is 1. The largest absolute Gasteiger partial charge is 0.345 e. The molecule has 0 aliphatic rings. The van der Waals surface area contributed by atoms with Crippen molar-refractivity contribution in [1.29, 1.82) is 0 Å². The third-order valence-electron chi connectivity index (χ3n) is 2.81. The molecule has 0 saturated carbocycles. The molecular formula is C12H16BrN5O. The van der Waals surface area contributed by atoms with Crippen LogP contribution in [0.15, 0.2) is 22.9 Å². The van der Waals surface area contributed by atoms with Crippen molar-refractivity contribution in [2.75, 3.05) is 0 Å². The highest BCUT2D eigenvalue weighted by Crippen LogP contribution is 2.15. The summed E-state index contributed by atoms with van der Waals surface area (Å²) < 4.78 is 4.46. The predicted molar refractivity (Wildman–Crippen MR) is 74.7 cm³/mol. The van der Waals surface area contributed by atoms with E-state index >= 15 is 0 Å². The summed E-state index contributed by atoms with van der Waals surface area (Å²) in [6, 6.07) is 1.71. The van der Waals surface area contributed by atoms with Gasteiger partial charge in [-0.15, -0.1) is 0 Å². The van der Waals surface area contributed by atoms with E-state index in [1.807, 2.05) is 18.5 Å². The maximum absolute atomic E-state index is 11.9. The highest BCUT2D eigenvalue weighted by atomic mass is 79.9. The number of carbonyl (C=O) groups excluding carboxylic acids is 1. The van der Waals surface area contributed by atoms with Gasteiger partial charge in [-0.3, -0.25) is 14.2 Å². The Kier molecular flexibility index (Phi) is 4.36. The number of nitrogens with one attached hydrogen (secondary N) is 1. The van der Waals surface area contributed by atoms with E-state index in [9.17, 15) is 4.79 Å². The van der Waals surface area contributed by atoms with Crippen molar-refractivity contribution < 1.29 is 4.79 Å². The lowest BCUT2D eigenvalue weighted by atomic mass is 10.3. The molecule has 102 valence electrons. The van der Waals surface area contributed by atoms with Crippen LogP contribution in [0.2, 0.25) is 0 Å². The van der Waals surface area contributed by atoms with Crippen LogP contribution in [0.4, 0.5) is 0 Å². The summed E-state index contributed by atoms with van der Waals surface area (Å²) in [6.45, 7) is 5.92. The molecule has 19 heavy (non-hydrogen) atoms. The van der Waals surface area contributed by atoms with Crippen LogP contribution in [0, 0.1) is 0 Å². The highest BCUT2D eigenvalue weighted by Gasteiger charge is 2.12. The maximum Gasteiger partial charge on any atom is 0.272 e. The normalized spacial score (nSPS) is 10.7. The van der Waals surface area contributed by atoms with Crippen LogP contribution < -0.4 is 5.32 Å². The molecule has 0 unspecified atom stereocenters. The van der Waals surface area contributed by atoms with Gasteiger partial charge in [-0.05, 0) is 35.8 Å². The van der Waals surface area contributed by atoms with E-state index < -0.39 is 0 Å². The second kappa shape index (κ2) is 6.01. The van der Waals surface area contributed by atoms with Crippen molar-refractivity contribution in [3.05, 3.63) is 34.3 Å². The van der Waals surface area contributed by atoms with Gasteiger partial charge in [-0.2, -0.15) is 10.2 Å². The first-order valence-electron chi connectivity index (χ1n) is 6.17. The van der Waals surface area contributed by atoms with Crippen LogP contribution >= 0.6 is 15.9 Å². The summed E-state index contributed by atoms with van der Waals surface area (Å²) in [4.78, 5) is 11.9. The fourth-order valence-corrected chi connectivity index (χ4v) is 2.19. The third-order valence-corrected chi connectivity index (χ3v) is 3.47. The van der Waals surface area contributed by atoms with Gasteiger partial charge < -0.3 is 5.32 Å². The van der Waals surface area contributed by atoms with Crippen molar-refractivity contribution in [2.45, 2.75) is 33.5 Å². The second-order valence-corrected chi connectivity index (χ2v) is 4.85. The monoisotopic (exact) mass is 325 g/mol. The number of aromatic nitrogens is 4. The van der Waals surface area contributed by atoms with Gasteiger partial charge in [0, 0.05) is 19.3 Å². The van der Waals surface area contributed by atoms with Crippen molar-refractivity contribution in [2.24, 2.45) is 0 Å². The van der Waals surface area contributed by atoms with E-state index in [2.05, 4.69) is 31.4 Å². The van der Waals surface area contributed by atoms with Crippen molar-refractivity contribution in [3.63, 3.8) is 0 Å². The molecule has 2 heterocycles. The van der Waals surface area contributed by atoms with Crippen LogP contribution in [0.1, 0.15) is 30.0 Å². The summed E-state index contributed by atoms with van der Waals surface area (Å²) in [5.41, 5.74) is 1.38. The molecule has 1 amide bonds. The SMILES string of the molecule is CCn1ccc(C(=O)NCc2c(Br)cnn2CC)n1. The molecule has 2 aromatic rings. The smallest absolute Gasteiger partial charge is 0.272 e. The van der Waals surface area contributed by atoms with E-state index in [0.29, 0.717) is 12.2 Å². The number of rotatable bonds is 5. The minimum absolute atomic E-state index is 0.178. The van der Waals surface area contributed by atoms with Gasteiger partial charge in [-0.25, -0.2) is 0 Å². The Bertz CT molecular complexity index is 574. The van der Waals surface area contributed by atoms with Gasteiger partial charge in [0.05, 0.1) is 22.9 Å². The van der Waals surface area contributed by atoms with E-state index in [0.717, 1.165) is 23.3 Å². The standard InChI is InChI=1S/C12H16BrN5O/c1-3-17-6-5-10(16-17)12(19)14-8-11-9(13)7-15-18(11)4-2/h5-7H,3-4,8H2,1-2H3,(H,14,19). The zero-order chi connectivity index (χ0) is 13.8. The average molecular weight is 326 g/mol. The predicted octanol–water partition coefficient (Wildman–Crippen LogP) is 1.81. The molecule has 2 aromatic heterocycles. The molecule has 1 N–H and O–H groups in total. The van der Waals surface area contributed by atoms with E-state index in [1.54, 1.807) is 23.1 Å². The summed E-state index contributed by atoms with van der Waals surface area (Å²) in [6.07, 6.45) is 3.53. The Morgan fingerprint density at radius 2 is 2.21 bits per heavy atom. The van der Waals surface area contributed by atoms with Crippen LogP contribution in [0.25, 0.3) is 0 Å². The first kappa shape index (κ1) is 13.8. The Hall–Kier alpha value is -1.63. The number of carbonyl (C=O) groups is 1. The van der Waals surface area contributed by atoms with Gasteiger partial charge in [0.2, 0.25) is 0 Å². The summed E-state index contributed by atoms with van der Waals surface area (Å²) in [5.74, 6) is -0.178. The summed E-state index contributed by atoms with van der Waals surface area (Å²) in [7, 11) is 0. The van der Waals surface area contributed by atoms with Crippen LogP contribution in [0.5, 0.6) is 0 Å². The third kappa shape index (κ3) is 3.04. The molecule has 0 aliphatic carbocycles. The number of hydrogen-bond acceptors (Lipinski definition) is 3. The first-order chi connectivity index (χ1) is 9.15. The van der Waals surface area contributed by atoms with Crippen molar-refractivity contribution in [3.8, 4) is 0 Å². The van der Waals surface area contributed by atoms with E-state index in [4.69, 9.17) is 0 Å². The van der Waals surface area contributed by atoms with Gasteiger partial charge in [-0.1, -0.05) is 0 Å². The minimum Gasteiger partial charge on any atom is -0.345 e. The molecule has 6 nitrogen and oxygen atoms in total. The molecule has 0 atom stereocenters. The maximum atomic E-state index is 11.9. The lowest BCUT2D eigenvalue weighted by Crippen LogP contribution is -2.25. The minimum atomic E-state index is -0.178. The van der Waals surface area contributed by atoms with Crippen molar-refractivity contribution in [1.82, 2.24) is 24.9 Å². The van der Waals surface area contributed by atoms with Crippen LogP contribution in [0.3, 0.4) is 0 Å². The van der Waals surface area contributed by atoms with Gasteiger partial charge in [0.15, 0.2) is 0 Å². The second-order valence-electron chi connectivity index (χ2n) is 3.99. The molecule has 0 spiro atoms. The molecule has 0 aliphatic heterocycles. The Labute approximate surface area is 119 Å². The zero-order valence-corrected chi connectivity index (χ0v) is 12.5. The summed E-state index contributed by atoms with van der Waals surface area (Å²) >= 11 is 3.43. The molecule has 0 radical (unpaired) electrons.